The van der Waals surface area contributed by atoms with E-state index in [9.17, 15) is 19.7 Å². The molecule has 1 aliphatic heterocycles. The molecule has 0 bridgehead atoms. The Balaban J connectivity index is 1.98. The lowest BCUT2D eigenvalue weighted by Crippen LogP contribution is -2.36. The van der Waals surface area contributed by atoms with E-state index in [4.69, 9.17) is 9.84 Å². The number of carboxylic acid groups (broad SMARTS) is 1. The van der Waals surface area contributed by atoms with Gasteiger partial charge in [0.05, 0.1) is 23.5 Å². The summed E-state index contributed by atoms with van der Waals surface area (Å²) in [5.74, 6) is -1.39. The van der Waals surface area contributed by atoms with Gasteiger partial charge in [0.15, 0.2) is 5.75 Å². The van der Waals surface area contributed by atoms with Crippen LogP contribution in [-0.4, -0.2) is 46.5 Å². The van der Waals surface area contributed by atoms with Crippen LogP contribution in [0.3, 0.4) is 0 Å². The molecule has 1 aromatic rings. The van der Waals surface area contributed by atoms with Crippen LogP contribution in [0.2, 0.25) is 0 Å². The summed E-state index contributed by atoms with van der Waals surface area (Å²) < 4.78 is 5.30. The van der Waals surface area contributed by atoms with E-state index in [-0.39, 0.29) is 35.9 Å². The summed E-state index contributed by atoms with van der Waals surface area (Å²) in [6.07, 6.45) is 3.19. The molecule has 0 spiro atoms. The van der Waals surface area contributed by atoms with Crippen molar-refractivity contribution in [3.8, 4) is 5.75 Å². The number of nitro groups is 1. The maximum atomic E-state index is 12.0. The number of piperidine rings is 1. The number of amides is 1. The Morgan fingerprint density at radius 1 is 1.26 bits per heavy atom. The average molecular weight is 322 g/mol. The molecule has 0 aliphatic carbocycles. The fourth-order valence-corrected chi connectivity index (χ4v) is 2.46. The number of ether oxygens (including phenoxy) is 1. The summed E-state index contributed by atoms with van der Waals surface area (Å²) in [5, 5.41) is 19.9. The van der Waals surface area contributed by atoms with E-state index in [0.29, 0.717) is 0 Å². The largest absolute Gasteiger partial charge is 0.486 e. The van der Waals surface area contributed by atoms with Gasteiger partial charge >= 0.3 is 11.7 Å². The zero-order valence-corrected chi connectivity index (χ0v) is 12.6. The van der Waals surface area contributed by atoms with Crippen molar-refractivity contribution < 1.29 is 24.4 Å². The third-order valence-corrected chi connectivity index (χ3v) is 3.69. The van der Waals surface area contributed by atoms with Crippen LogP contribution >= 0.6 is 0 Å². The molecule has 0 atom stereocenters. The molecule has 0 radical (unpaired) electrons. The van der Waals surface area contributed by atoms with Crippen LogP contribution in [0.15, 0.2) is 18.2 Å². The predicted molar refractivity (Wildman–Crippen MR) is 80.6 cm³/mol. The van der Waals surface area contributed by atoms with Gasteiger partial charge in [-0.3, -0.25) is 14.9 Å². The van der Waals surface area contributed by atoms with E-state index in [1.165, 1.54) is 0 Å². The third-order valence-electron chi connectivity index (χ3n) is 3.69. The molecule has 0 saturated carbocycles. The summed E-state index contributed by atoms with van der Waals surface area (Å²) in [7, 11) is 0. The Bertz CT molecular complexity index is 610. The zero-order chi connectivity index (χ0) is 16.8. The smallest absolute Gasteiger partial charge is 0.335 e. The van der Waals surface area contributed by atoms with E-state index >= 15 is 0 Å². The SMILES string of the molecule is O=C(O)c1ccc([N+](=O)[O-])c(OCCC(=O)N2CCCCC2)c1. The van der Waals surface area contributed by atoms with Crippen LogP contribution in [0.1, 0.15) is 36.0 Å². The van der Waals surface area contributed by atoms with Crippen LogP contribution < -0.4 is 4.74 Å². The van der Waals surface area contributed by atoms with Crippen molar-refractivity contribution >= 4 is 17.6 Å². The molecule has 0 aromatic heterocycles. The van der Waals surface area contributed by atoms with Crippen LogP contribution in [0.25, 0.3) is 0 Å². The first-order valence-electron chi connectivity index (χ1n) is 7.41. The molecule has 23 heavy (non-hydrogen) atoms. The summed E-state index contributed by atoms with van der Waals surface area (Å²) in [5.41, 5.74) is -0.423. The van der Waals surface area contributed by atoms with Crippen LogP contribution in [-0.2, 0) is 4.79 Å². The molecule has 1 amide bonds. The number of carbonyl (C=O) groups excluding carboxylic acids is 1. The van der Waals surface area contributed by atoms with Gasteiger partial charge in [0.25, 0.3) is 0 Å². The lowest BCUT2D eigenvalue weighted by atomic mass is 10.1. The predicted octanol–water partition coefficient (Wildman–Crippen LogP) is 2.07. The van der Waals surface area contributed by atoms with Gasteiger partial charge in [-0.15, -0.1) is 0 Å². The van der Waals surface area contributed by atoms with Crippen molar-refractivity contribution in [2.45, 2.75) is 25.7 Å². The van der Waals surface area contributed by atoms with Crippen molar-refractivity contribution in [3.05, 3.63) is 33.9 Å². The molecule has 8 nitrogen and oxygen atoms in total. The van der Waals surface area contributed by atoms with Crippen molar-refractivity contribution in [1.82, 2.24) is 4.90 Å². The second-order valence-electron chi connectivity index (χ2n) is 5.28. The minimum atomic E-state index is -1.20. The molecule has 1 heterocycles. The lowest BCUT2D eigenvalue weighted by molar-refractivity contribution is -0.385. The first-order valence-corrected chi connectivity index (χ1v) is 7.41. The molecular formula is C15H18N2O6. The highest BCUT2D eigenvalue weighted by molar-refractivity contribution is 5.88. The Labute approximate surface area is 132 Å². The minimum absolute atomic E-state index is 0.0285. The maximum Gasteiger partial charge on any atom is 0.335 e. The number of rotatable bonds is 6. The van der Waals surface area contributed by atoms with Crippen molar-refractivity contribution in [3.63, 3.8) is 0 Å². The first kappa shape index (κ1) is 16.7. The summed E-state index contributed by atoms with van der Waals surface area (Å²) in [4.78, 5) is 35.0. The molecule has 1 aliphatic rings. The van der Waals surface area contributed by atoms with Crippen molar-refractivity contribution in [2.24, 2.45) is 0 Å². The van der Waals surface area contributed by atoms with Gasteiger partial charge in [-0.1, -0.05) is 0 Å². The van der Waals surface area contributed by atoms with E-state index < -0.39 is 10.9 Å². The second kappa shape index (κ2) is 7.57. The molecule has 124 valence electrons. The van der Waals surface area contributed by atoms with E-state index in [1.54, 1.807) is 4.90 Å². The van der Waals surface area contributed by atoms with Gasteiger partial charge < -0.3 is 14.7 Å². The summed E-state index contributed by atoms with van der Waals surface area (Å²) >= 11 is 0. The lowest BCUT2D eigenvalue weighted by Gasteiger charge is -2.26. The average Bonchev–Trinajstić information content (AvgIpc) is 2.55. The molecule has 1 N–H and O–H groups in total. The number of likely N-dealkylation sites (tertiary alicyclic amines) is 1. The van der Waals surface area contributed by atoms with E-state index in [2.05, 4.69) is 0 Å². The van der Waals surface area contributed by atoms with Gasteiger partial charge in [-0.2, -0.15) is 0 Å². The highest BCUT2D eigenvalue weighted by Crippen LogP contribution is 2.28. The van der Waals surface area contributed by atoms with Crippen molar-refractivity contribution in [2.75, 3.05) is 19.7 Å². The zero-order valence-electron chi connectivity index (χ0n) is 12.6. The van der Waals surface area contributed by atoms with Gasteiger partial charge in [0.2, 0.25) is 5.91 Å². The first-order chi connectivity index (χ1) is 11.0. The number of hydrogen-bond donors (Lipinski definition) is 1. The Kier molecular flexibility index (Phi) is 5.51. The third kappa shape index (κ3) is 4.41. The normalized spacial score (nSPS) is 14.3. The Hall–Kier alpha value is -2.64. The molecule has 1 aromatic carbocycles. The van der Waals surface area contributed by atoms with Crippen LogP contribution in [0, 0.1) is 10.1 Å². The number of hydrogen-bond acceptors (Lipinski definition) is 5. The van der Waals surface area contributed by atoms with Crippen LogP contribution in [0.4, 0.5) is 5.69 Å². The molecule has 2 rings (SSSR count). The number of nitrogens with zero attached hydrogens (tertiary/aromatic N) is 2. The minimum Gasteiger partial charge on any atom is -0.486 e. The maximum absolute atomic E-state index is 12.0. The second-order valence-corrected chi connectivity index (χ2v) is 5.28. The molecule has 0 unspecified atom stereocenters. The fourth-order valence-electron chi connectivity index (χ4n) is 2.46. The van der Waals surface area contributed by atoms with Gasteiger partial charge in [-0.05, 0) is 25.3 Å². The number of benzene rings is 1. The van der Waals surface area contributed by atoms with E-state index in [0.717, 1.165) is 50.6 Å². The van der Waals surface area contributed by atoms with Gasteiger partial charge in [0.1, 0.15) is 0 Å². The quantitative estimate of drug-likeness (QED) is 0.634. The fraction of sp³-hybridized carbons (Fsp3) is 0.467. The van der Waals surface area contributed by atoms with Crippen LogP contribution in [0.5, 0.6) is 5.75 Å². The Morgan fingerprint density at radius 2 is 1.96 bits per heavy atom. The summed E-state index contributed by atoms with van der Waals surface area (Å²) in [6.45, 7) is 1.43. The van der Waals surface area contributed by atoms with Gasteiger partial charge in [-0.25, -0.2) is 4.79 Å². The monoisotopic (exact) mass is 322 g/mol. The van der Waals surface area contributed by atoms with Gasteiger partial charge in [0, 0.05) is 25.2 Å². The number of carboxylic acids is 1. The summed E-state index contributed by atoms with van der Waals surface area (Å²) in [6, 6.07) is 3.34. The van der Waals surface area contributed by atoms with Crippen molar-refractivity contribution in [1.29, 1.82) is 0 Å². The Morgan fingerprint density at radius 3 is 2.57 bits per heavy atom. The number of nitro benzene ring substituents is 1. The molecule has 1 fully saturated rings. The highest BCUT2D eigenvalue weighted by atomic mass is 16.6. The highest BCUT2D eigenvalue weighted by Gasteiger charge is 2.20. The molecular weight excluding hydrogens is 304 g/mol. The number of aromatic carboxylic acids is 1. The standard InChI is InChI=1S/C15H18N2O6/c18-14(16-7-2-1-3-8-16)6-9-23-13-10-11(15(19)20)4-5-12(13)17(21)22/h4-5,10H,1-3,6-9H2,(H,19,20). The molecule has 8 heteroatoms. The number of carbonyl (C=O) groups is 2. The van der Waals surface area contributed by atoms with E-state index in [1.807, 2.05) is 0 Å². The molecule has 1 saturated heterocycles. The topological polar surface area (TPSA) is 110 Å².